The lowest BCUT2D eigenvalue weighted by Gasteiger charge is -2.43. The molecule has 114 valence electrons. The van der Waals surface area contributed by atoms with Gasteiger partial charge in [-0.3, -0.25) is 0 Å². The Labute approximate surface area is 129 Å². The summed E-state index contributed by atoms with van der Waals surface area (Å²) in [6.45, 7) is 4.04. The summed E-state index contributed by atoms with van der Waals surface area (Å²) < 4.78 is 17.1. The van der Waals surface area contributed by atoms with E-state index in [4.69, 9.17) is 19.0 Å². The van der Waals surface area contributed by atoms with E-state index < -0.39 is 5.72 Å². The monoisotopic (exact) mass is 298 g/mol. The highest BCUT2D eigenvalue weighted by Gasteiger charge is 2.46. The summed E-state index contributed by atoms with van der Waals surface area (Å²) in [6.07, 6.45) is 2.47. The van der Waals surface area contributed by atoms with Gasteiger partial charge in [0.05, 0.1) is 19.4 Å². The molecule has 0 fully saturated rings. The van der Waals surface area contributed by atoms with E-state index in [-0.39, 0.29) is 6.04 Å². The number of furan rings is 1. The molecule has 0 radical (unpaired) electrons. The number of rotatable bonds is 2. The normalized spacial score (nSPS) is 21.7. The van der Waals surface area contributed by atoms with Crippen molar-refractivity contribution < 1.29 is 13.9 Å². The lowest BCUT2D eigenvalue weighted by molar-refractivity contribution is -0.0924. The highest BCUT2D eigenvalue weighted by molar-refractivity contribution is 5.99. The van der Waals surface area contributed by atoms with E-state index in [0.717, 1.165) is 35.0 Å². The van der Waals surface area contributed by atoms with Crippen molar-refractivity contribution in [3.63, 3.8) is 0 Å². The predicted molar refractivity (Wildman–Crippen MR) is 82.1 cm³/mol. The summed E-state index contributed by atoms with van der Waals surface area (Å²) in [5, 5.41) is 6.77. The lowest BCUT2D eigenvalue weighted by atomic mass is 9.96. The second-order valence-corrected chi connectivity index (χ2v) is 6.02. The minimum Gasteiger partial charge on any atom is -0.493 e. The van der Waals surface area contributed by atoms with Gasteiger partial charge in [-0.15, -0.1) is 0 Å². The molecule has 0 bridgehead atoms. The number of nitrogens with zero attached hydrogens (tertiary/aromatic N) is 2. The van der Waals surface area contributed by atoms with Crippen LogP contribution in [0.1, 0.15) is 37.6 Å². The van der Waals surface area contributed by atoms with Crippen LogP contribution in [0.4, 0.5) is 0 Å². The average molecular weight is 298 g/mol. The molecule has 1 aromatic heterocycles. The number of methoxy groups -OCH3 is 1. The molecule has 0 saturated carbocycles. The van der Waals surface area contributed by atoms with Crippen LogP contribution in [0.25, 0.3) is 0 Å². The molecule has 2 aliphatic heterocycles. The summed E-state index contributed by atoms with van der Waals surface area (Å²) in [7, 11) is 1.66. The van der Waals surface area contributed by atoms with Crippen LogP contribution >= 0.6 is 0 Å². The maximum Gasteiger partial charge on any atom is 0.192 e. The summed E-state index contributed by atoms with van der Waals surface area (Å²) in [5.74, 6) is 2.39. The Morgan fingerprint density at radius 1 is 1.27 bits per heavy atom. The van der Waals surface area contributed by atoms with Crippen LogP contribution in [0.5, 0.6) is 11.5 Å². The van der Waals surface area contributed by atoms with Crippen molar-refractivity contribution in [3.05, 3.63) is 47.9 Å². The SMILES string of the molecule is COc1cccc2c1OC(C)(C)N1N=C(c3ccco3)C[C@H]21. The molecule has 3 heterocycles. The van der Waals surface area contributed by atoms with Gasteiger partial charge in [0.1, 0.15) is 11.5 Å². The molecule has 0 amide bonds. The van der Waals surface area contributed by atoms with Gasteiger partial charge in [-0.2, -0.15) is 5.10 Å². The molecule has 1 atom stereocenters. The molecule has 22 heavy (non-hydrogen) atoms. The van der Waals surface area contributed by atoms with Crippen LogP contribution in [0.15, 0.2) is 46.1 Å². The third-order valence-electron chi connectivity index (χ3n) is 4.21. The lowest BCUT2D eigenvalue weighted by Crippen LogP contribution is -2.48. The largest absolute Gasteiger partial charge is 0.493 e. The first-order chi connectivity index (χ1) is 10.6. The maximum atomic E-state index is 6.18. The molecule has 2 aliphatic rings. The molecular formula is C17H18N2O3. The van der Waals surface area contributed by atoms with Gasteiger partial charge >= 0.3 is 0 Å². The van der Waals surface area contributed by atoms with E-state index in [9.17, 15) is 0 Å². The maximum absolute atomic E-state index is 6.18. The fourth-order valence-electron chi connectivity index (χ4n) is 3.20. The summed E-state index contributed by atoms with van der Waals surface area (Å²) in [6, 6.07) is 9.95. The Hall–Kier alpha value is -2.43. The second-order valence-electron chi connectivity index (χ2n) is 6.02. The quantitative estimate of drug-likeness (QED) is 0.850. The fraction of sp³-hybridized carbons (Fsp3) is 0.353. The van der Waals surface area contributed by atoms with Gasteiger partial charge in [0.25, 0.3) is 0 Å². The summed E-state index contributed by atoms with van der Waals surface area (Å²) in [4.78, 5) is 0. The zero-order valence-corrected chi connectivity index (χ0v) is 12.9. The van der Waals surface area contributed by atoms with Crippen molar-refractivity contribution in [2.24, 2.45) is 5.10 Å². The van der Waals surface area contributed by atoms with Crippen molar-refractivity contribution in [2.45, 2.75) is 32.0 Å². The average Bonchev–Trinajstić information content (AvgIpc) is 3.16. The van der Waals surface area contributed by atoms with Crippen LogP contribution in [-0.4, -0.2) is 23.6 Å². The van der Waals surface area contributed by atoms with Gasteiger partial charge in [-0.1, -0.05) is 12.1 Å². The van der Waals surface area contributed by atoms with E-state index in [1.807, 2.05) is 43.1 Å². The van der Waals surface area contributed by atoms with Crippen molar-refractivity contribution in [3.8, 4) is 11.5 Å². The molecular weight excluding hydrogens is 280 g/mol. The van der Waals surface area contributed by atoms with Gasteiger partial charge in [-0.25, -0.2) is 5.01 Å². The first-order valence-corrected chi connectivity index (χ1v) is 7.37. The zero-order chi connectivity index (χ0) is 15.3. The molecule has 5 heteroatoms. The molecule has 2 aromatic rings. The van der Waals surface area contributed by atoms with Crippen molar-refractivity contribution in [2.75, 3.05) is 7.11 Å². The van der Waals surface area contributed by atoms with E-state index in [1.165, 1.54) is 0 Å². The molecule has 5 nitrogen and oxygen atoms in total. The smallest absolute Gasteiger partial charge is 0.192 e. The molecule has 0 saturated heterocycles. The number of benzene rings is 1. The number of hydrazone groups is 1. The standard InChI is InChI=1S/C17H18N2O3/c1-17(2)19-13(10-12(18-19)14-8-5-9-21-14)11-6-4-7-15(20-3)16(11)22-17/h4-9,13H,10H2,1-3H3/t13-/m1/s1. The predicted octanol–water partition coefficient (Wildman–Crippen LogP) is 3.57. The molecule has 0 unspecified atom stereocenters. The van der Waals surface area contributed by atoms with Crippen molar-refractivity contribution in [1.29, 1.82) is 0 Å². The Bertz CT molecular complexity index is 734. The first kappa shape index (κ1) is 13.2. The van der Waals surface area contributed by atoms with E-state index >= 15 is 0 Å². The number of fused-ring (bicyclic) bond motifs is 3. The van der Waals surface area contributed by atoms with Gasteiger partial charge in [-0.05, 0) is 32.0 Å². The molecule has 4 rings (SSSR count). The van der Waals surface area contributed by atoms with Crippen molar-refractivity contribution in [1.82, 2.24) is 5.01 Å². The van der Waals surface area contributed by atoms with E-state index in [1.54, 1.807) is 13.4 Å². The van der Waals surface area contributed by atoms with Crippen LogP contribution < -0.4 is 9.47 Å². The van der Waals surface area contributed by atoms with Gasteiger partial charge in [0.15, 0.2) is 17.2 Å². The minimum atomic E-state index is -0.541. The van der Waals surface area contributed by atoms with Gasteiger partial charge in [0.2, 0.25) is 0 Å². The van der Waals surface area contributed by atoms with Gasteiger partial charge < -0.3 is 13.9 Å². The summed E-state index contributed by atoms with van der Waals surface area (Å²) in [5.41, 5.74) is 1.51. The van der Waals surface area contributed by atoms with E-state index in [0.29, 0.717) is 0 Å². The number of hydrogen-bond acceptors (Lipinski definition) is 5. The molecule has 0 N–H and O–H groups in total. The van der Waals surface area contributed by atoms with E-state index in [2.05, 4.69) is 6.07 Å². The molecule has 1 aromatic carbocycles. The molecule has 0 spiro atoms. The first-order valence-electron chi connectivity index (χ1n) is 7.37. The summed E-state index contributed by atoms with van der Waals surface area (Å²) >= 11 is 0. The Morgan fingerprint density at radius 2 is 2.14 bits per heavy atom. The third-order valence-corrected chi connectivity index (χ3v) is 4.21. The fourth-order valence-corrected chi connectivity index (χ4v) is 3.20. The number of hydrogen-bond donors (Lipinski definition) is 0. The van der Waals surface area contributed by atoms with Crippen LogP contribution in [-0.2, 0) is 0 Å². The number of para-hydroxylation sites is 1. The minimum absolute atomic E-state index is 0.133. The van der Waals surface area contributed by atoms with Crippen molar-refractivity contribution >= 4 is 5.71 Å². The Kier molecular flexibility index (Phi) is 2.73. The van der Waals surface area contributed by atoms with Gasteiger partial charge in [0, 0.05) is 12.0 Å². The topological polar surface area (TPSA) is 47.2 Å². The van der Waals surface area contributed by atoms with Crippen LogP contribution in [0.3, 0.4) is 0 Å². The van der Waals surface area contributed by atoms with Crippen LogP contribution in [0, 0.1) is 0 Å². The highest BCUT2D eigenvalue weighted by atomic mass is 16.5. The third kappa shape index (κ3) is 1.81. The number of ether oxygens (including phenoxy) is 2. The van der Waals surface area contributed by atoms with Crippen LogP contribution in [0.2, 0.25) is 0 Å². The Balaban J connectivity index is 1.81. The second kappa shape index (κ2) is 4.53. The molecule has 0 aliphatic carbocycles. The Morgan fingerprint density at radius 3 is 2.86 bits per heavy atom. The highest BCUT2D eigenvalue weighted by Crippen LogP contribution is 2.49. The zero-order valence-electron chi connectivity index (χ0n) is 12.9.